The number of anilines is 1. The van der Waals surface area contributed by atoms with Crippen LogP contribution in [0.2, 0.25) is 0 Å². The zero-order valence-electron chi connectivity index (χ0n) is 10.8. The molecule has 2 aromatic rings. The first-order valence-corrected chi connectivity index (χ1v) is 6.19. The second-order valence-electron chi connectivity index (χ2n) is 4.23. The fraction of sp³-hybridized carbons (Fsp3) is 0.308. The van der Waals surface area contributed by atoms with E-state index in [0.29, 0.717) is 12.4 Å². The van der Waals surface area contributed by atoms with Crippen molar-refractivity contribution in [3.8, 4) is 11.3 Å². The van der Waals surface area contributed by atoms with Crippen LogP contribution in [0.25, 0.3) is 11.3 Å². The molecule has 0 aliphatic heterocycles. The number of amides is 1. The van der Waals surface area contributed by atoms with E-state index in [-0.39, 0.29) is 12.5 Å². The highest BCUT2D eigenvalue weighted by Gasteiger charge is 2.08. The monoisotopic (exact) mass is 259 g/mol. The summed E-state index contributed by atoms with van der Waals surface area (Å²) in [6, 6.07) is 3.59. The predicted octanol–water partition coefficient (Wildman–Crippen LogP) is 1.05. The van der Waals surface area contributed by atoms with Gasteiger partial charge >= 0.3 is 0 Å². The maximum Gasteiger partial charge on any atom is 0.239 e. The van der Waals surface area contributed by atoms with E-state index in [0.717, 1.165) is 17.7 Å². The summed E-state index contributed by atoms with van der Waals surface area (Å²) in [5.74, 6) is 0.444. The number of aromatic nitrogens is 3. The van der Waals surface area contributed by atoms with Crippen LogP contribution in [0.15, 0.2) is 30.9 Å². The van der Waals surface area contributed by atoms with Crippen LogP contribution in [0, 0.1) is 0 Å². The lowest BCUT2D eigenvalue weighted by Crippen LogP contribution is -2.28. The fourth-order valence-corrected chi connectivity index (χ4v) is 1.72. The molecule has 0 bridgehead atoms. The summed E-state index contributed by atoms with van der Waals surface area (Å²) in [6.45, 7) is 2.95. The van der Waals surface area contributed by atoms with Crippen LogP contribution >= 0.6 is 0 Å². The summed E-state index contributed by atoms with van der Waals surface area (Å²) in [5, 5.41) is 2.84. The Bertz CT molecular complexity index is 546. The molecule has 0 aliphatic carbocycles. The fourth-order valence-electron chi connectivity index (χ4n) is 1.72. The molecule has 2 rings (SSSR count). The van der Waals surface area contributed by atoms with Gasteiger partial charge in [-0.05, 0) is 18.6 Å². The molecule has 0 fully saturated rings. The number of nitrogens with zero attached hydrogens (tertiary/aromatic N) is 3. The molecule has 6 heteroatoms. The van der Waals surface area contributed by atoms with E-state index in [1.54, 1.807) is 29.4 Å². The van der Waals surface area contributed by atoms with Crippen molar-refractivity contribution in [3.05, 3.63) is 30.9 Å². The topological polar surface area (TPSA) is 85.8 Å². The van der Waals surface area contributed by atoms with Gasteiger partial charge in [-0.25, -0.2) is 9.97 Å². The molecule has 0 atom stereocenters. The van der Waals surface area contributed by atoms with E-state index in [2.05, 4.69) is 15.3 Å². The molecule has 0 unspecified atom stereocenters. The van der Waals surface area contributed by atoms with E-state index in [1.165, 1.54) is 0 Å². The summed E-state index contributed by atoms with van der Waals surface area (Å²) >= 11 is 0. The number of hydrogen-bond acceptors (Lipinski definition) is 4. The lowest BCUT2D eigenvalue weighted by atomic mass is 10.2. The Morgan fingerprint density at radius 2 is 2.26 bits per heavy atom. The van der Waals surface area contributed by atoms with E-state index in [9.17, 15) is 4.79 Å². The number of rotatable bonds is 5. The first-order chi connectivity index (χ1) is 9.20. The summed E-state index contributed by atoms with van der Waals surface area (Å²) < 4.78 is 1.79. The van der Waals surface area contributed by atoms with E-state index in [4.69, 9.17) is 5.73 Å². The second kappa shape index (κ2) is 5.99. The van der Waals surface area contributed by atoms with Crippen molar-refractivity contribution in [3.63, 3.8) is 0 Å². The van der Waals surface area contributed by atoms with Crippen molar-refractivity contribution in [1.82, 2.24) is 19.9 Å². The third kappa shape index (κ3) is 3.31. The smallest absolute Gasteiger partial charge is 0.239 e. The number of pyridine rings is 1. The summed E-state index contributed by atoms with van der Waals surface area (Å²) in [7, 11) is 0. The lowest BCUT2D eigenvalue weighted by Gasteiger charge is -2.08. The van der Waals surface area contributed by atoms with Crippen molar-refractivity contribution in [2.45, 2.75) is 19.9 Å². The van der Waals surface area contributed by atoms with Crippen LogP contribution in [0.1, 0.15) is 13.3 Å². The van der Waals surface area contributed by atoms with Crippen LogP contribution in [-0.4, -0.2) is 27.0 Å². The maximum atomic E-state index is 11.7. The molecule has 100 valence electrons. The van der Waals surface area contributed by atoms with Gasteiger partial charge in [-0.2, -0.15) is 0 Å². The molecule has 0 radical (unpaired) electrons. The second-order valence-corrected chi connectivity index (χ2v) is 4.23. The molecule has 1 amide bonds. The Kier molecular flexibility index (Phi) is 4.12. The first kappa shape index (κ1) is 13.1. The van der Waals surface area contributed by atoms with Crippen molar-refractivity contribution >= 4 is 11.7 Å². The summed E-state index contributed by atoms with van der Waals surface area (Å²) in [4.78, 5) is 19.8. The Balaban J connectivity index is 2.13. The molecular weight excluding hydrogens is 242 g/mol. The third-order valence-electron chi connectivity index (χ3n) is 2.68. The zero-order chi connectivity index (χ0) is 13.7. The minimum Gasteiger partial charge on any atom is -0.384 e. The third-order valence-corrected chi connectivity index (χ3v) is 2.68. The molecule has 0 spiro atoms. The van der Waals surface area contributed by atoms with Crippen LogP contribution in [0.3, 0.4) is 0 Å². The molecular formula is C13H17N5O. The van der Waals surface area contributed by atoms with Crippen LogP contribution < -0.4 is 11.1 Å². The quantitative estimate of drug-likeness (QED) is 0.840. The van der Waals surface area contributed by atoms with E-state index >= 15 is 0 Å². The zero-order valence-corrected chi connectivity index (χ0v) is 10.8. The summed E-state index contributed by atoms with van der Waals surface area (Å²) in [6.07, 6.45) is 5.94. The molecule has 2 aromatic heterocycles. The average Bonchev–Trinajstić information content (AvgIpc) is 2.85. The normalized spacial score (nSPS) is 10.4. The molecule has 0 aromatic carbocycles. The SMILES string of the molecule is CCCNC(=O)Cn1cncc1-c1ccc(N)nc1. The van der Waals surface area contributed by atoms with Gasteiger partial charge in [0.15, 0.2) is 0 Å². The van der Waals surface area contributed by atoms with Gasteiger partial charge in [-0.15, -0.1) is 0 Å². The number of carbonyl (C=O) groups excluding carboxylic acids is 1. The van der Waals surface area contributed by atoms with Crippen molar-refractivity contribution in [2.75, 3.05) is 12.3 Å². The first-order valence-electron chi connectivity index (χ1n) is 6.19. The van der Waals surface area contributed by atoms with Crippen LogP contribution in [0.5, 0.6) is 0 Å². The minimum absolute atomic E-state index is 0.0236. The predicted molar refractivity (Wildman–Crippen MR) is 73.2 cm³/mol. The van der Waals surface area contributed by atoms with Gasteiger partial charge in [0.05, 0.1) is 18.2 Å². The van der Waals surface area contributed by atoms with Gasteiger partial charge in [-0.3, -0.25) is 4.79 Å². The van der Waals surface area contributed by atoms with Gasteiger partial charge in [0.2, 0.25) is 5.91 Å². The molecule has 0 aliphatic rings. The van der Waals surface area contributed by atoms with E-state index in [1.807, 2.05) is 13.0 Å². The maximum absolute atomic E-state index is 11.7. The lowest BCUT2D eigenvalue weighted by molar-refractivity contribution is -0.121. The van der Waals surface area contributed by atoms with E-state index < -0.39 is 0 Å². The van der Waals surface area contributed by atoms with Crippen molar-refractivity contribution in [1.29, 1.82) is 0 Å². The van der Waals surface area contributed by atoms with Crippen LogP contribution in [0.4, 0.5) is 5.82 Å². The van der Waals surface area contributed by atoms with Gasteiger partial charge in [0, 0.05) is 18.3 Å². The highest BCUT2D eigenvalue weighted by atomic mass is 16.1. The van der Waals surface area contributed by atoms with Gasteiger partial charge in [0.25, 0.3) is 0 Å². The number of nitrogen functional groups attached to an aromatic ring is 1. The number of imidazole rings is 1. The highest BCUT2D eigenvalue weighted by Crippen LogP contribution is 2.18. The molecule has 0 saturated carbocycles. The summed E-state index contributed by atoms with van der Waals surface area (Å²) in [5.41, 5.74) is 7.29. The average molecular weight is 259 g/mol. The molecule has 6 nitrogen and oxygen atoms in total. The Hall–Kier alpha value is -2.37. The van der Waals surface area contributed by atoms with Gasteiger partial charge in [-0.1, -0.05) is 6.92 Å². The largest absolute Gasteiger partial charge is 0.384 e. The molecule has 3 N–H and O–H groups in total. The number of carbonyl (C=O) groups is 1. The molecule has 19 heavy (non-hydrogen) atoms. The van der Waals surface area contributed by atoms with Crippen molar-refractivity contribution < 1.29 is 4.79 Å². The van der Waals surface area contributed by atoms with Gasteiger partial charge < -0.3 is 15.6 Å². The highest BCUT2D eigenvalue weighted by molar-refractivity contribution is 5.76. The standard InChI is InChI=1S/C13H17N5O/c1-2-5-16-13(19)8-18-9-15-7-11(18)10-3-4-12(14)17-6-10/h3-4,6-7,9H,2,5,8H2,1H3,(H2,14,17)(H,16,19). The van der Waals surface area contributed by atoms with Crippen LogP contribution in [-0.2, 0) is 11.3 Å². The van der Waals surface area contributed by atoms with Gasteiger partial charge in [0.1, 0.15) is 12.4 Å². The molecule has 2 heterocycles. The van der Waals surface area contributed by atoms with Crippen molar-refractivity contribution in [2.24, 2.45) is 0 Å². The Labute approximate surface area is 111 Å². The Morgan fingerprint density at radius 3 is 2.95 bits per heavy atom. The number of nitrogens with two attached hydrogens (primary N) is 1. The minimum atomic E-state index is -0.0236. The Morgan fingerprint density at radius 1 is 1.42 bits per heavy atom. The molecule has 0 saturated heterocycles. The number of nitrogens with one attached hydrogen (secondary N) is 1. The number of hydrogen-bond donors (Lipinski definition) is 2.